The number of fused-ring (bicyclic) bond motifs is 12. The van der Waals surface area contributed by atoms with Crippen LogP contribution in [0.2, 0.25) is 0 Å². The van der Waals surface area contributed by atoms with Crippen LogP contribution in [0.5, 0.6) is 0 Å². The van der Waals surface area contributed by atoms with Gasteiger partial charge < -0.3 is 9.47 Å². The van der Waals surface area contributed by atoms with Gasteiger partial charge in [0.2, 0.25) is 0 Å². The van der Waals surface area contributed by atoms with E-state index in [0.29, 0.717) is 0 Å². The fourth-order valence-electron chi connectivity index (χ4n) is 10.6. The van der Waals surface area contributed by atoms with Crippen LogP contribution in [0.25, 0.3) is 71.3 Å². The summed E-state index contributed by atoms with van der Waals surface area (Å²) in [6.07, 6.45) is 0. The summed E-state index contributed by atoms with van der Waals surface area (Å²) in [5, 5.41) is 7.69. The van der Waals surface area contributed by atoms with Crippen LogP contribution in [0.1, 0.15) is 49.9 Å². The average Bonchev–Trinajstić information content (AvgIpc) is 3.79. The van der Waals surface area contributed by atoms with Gasteiger partial charge >= 0.3 is 0 Å². The minimum absolute atomic E-state index is 0.101. The number of rotatable bonds is 4. The van der Waals surface area contributed by atoms with Gasteiger partial charge in [0.25, 0.3) is 0 Å². The van der Waals surface area contributed by atoms with Gasteiger partial charge in [-0.2, -0.15) is 0 Å². The van der Waals surface area contributed by atoms with Crippen LogP contribution < -0.4 is 4.90 Å². The molecule has 276 valence electrons. The molecule has 0 fully saturated rings. The van der Waals surface area contributed by atoms with Crippen LogP contribution in [-0.2, 0) is 10.8 Å². The lowest BCUT2D eigenvalue weighted by Gasteiger charge is -2.28. The predicted molar refractivity (Wildman–Crippen MR) is 246 cm³/mol. The van der Waals surface area contributed by atoms with Crippen molar-refractivity contribution in [2.24, 2.45) is 0 Å². The molecule has 58 heavy (non-hydrogen) atoms. The first-order chi connectivity index (χ1) is 28.3. The molecular weight excluding hydrogens is 701 g/mol. The van der Waals surface area contributed by atoms with E-state index in [4.69, 9.17) is 0 Å². The lowest BCUT2D eigenvalue weighted by molar-refractivity contribution is 0.661. The standard InChI is InChI=1S/C56H42N2/c1-55(2)48-28-27-44-43-21-13-14-22-52(43)58(40-19-9-6-10-20-40)54(44)53(48)45-26-25-42(34-51(45)55)57(39-17-7-5-8-18-39)41-24-23-37-31-47-46-30-35-15-11-12-16-36(35)32-49(46)56(3,4)50(47)33-38(37)29-41/h5-34H,1-4H3. The fraction of sp³-hybridized carbons (Fsp3) is 0.107. The van der Waals surface area contributed by atoms with Crippen LogP contribution in [-0.4, -0.2) is 4.57 Å². The second-order valence-electron chi connectivity index (χ2n) is 17.4. The molecule has 2 aliphatic carbocycles. The highest BCUT2D eigenvalue weighted by molar-refractivity contribution is 6.16. The Hall–Kier alpha value is -6.90. The lowest BCUT2D eigenvalue weighted by atomic mass is 9.81. The molecule has 0 saturated heterocycles. The molecule has 12 rings (SSSR count). The third kappa shape index (κ3) is 4.54. The number of benzene rings is 9. The highest BCUT2D eigenvalue weighted by atomic mass is 15.1. The van der Waals surface area contributed by atoms with Gasteiger partial charge in [-0.1, -0.05) is 131 Å². The summed E-state index contributed by atoms with van der Waals surface area (Å²) in [5.74, 6) is 0. The van der Waals surface area contributed by atoms with Crippen LogP contribution >= 0.6 is 0 Å². The molecule has 2 aliphatic rings. The number of anilines is 3. The molecule has 0 aliphatic heterocycles. The summed E-state index contributed by atoms with van der Waals surface area (Å²) in [5.41, 5.74) is 17.7. The van der Waals surface area contributed by atoms with E-state index in [1.807, 2.05) is 0 Å². The van der Waals surface area contributed by atoms with Gasteiger partial charge in [0, 0.05) is 49.9 Å². The van der Waals surface area contributed by atoms with Crippen molar-refractivity contribution >= 4 is 60.4 Å². The molecule has 0 saturated carbocycles. The number of hydrogen-bond donors (Lipinski definition) is 0. The SMILES string of the molecule is CC1(C)c2cc3ccccc3cc2-c2cc3ccc(N(c4ccccc4)c4ccc5c(c4)C(C)(C)c4ccc6c7ccccc7n(-c7ccccc7)c6c4-5)cc3cc21. The average molecular weight is 743 g/mol. The Labute approximate surface area is 339 Å². The molecule has 10 aromatic rings. The van der Waals surface area contributed by atoms with Crippen LogP contribution in [0.15, 0.2) is 182 Å². The largest absolute Gasteiger partial charge is 0.310 e. The van der Waals surface area contributed by atoms with E-state index in [9.17, 15) is 0 Å². The molecule has 0 atom stereocenters. The minimum atomic E-state index is -0.204. The second kappa shape index (κ2) is 11.8. The Morgan fingerprint density at radius 3 is 1.71 bits per heavy atom. The smallest absolute Gasteiger partial charge is 0.0622 e. The normalized spacial score (nSPS) is 14.5. The molecule has 0 spiro atoms. The van der Waals surface area contributed by atoms with Gasteiger partial charge in [-0.15, -0.1) is 0 Å². The van der Waals surface area contributed by atoms with Crippen LogP contribution in [0.3, 0.4) is 0 Å². The molecule has 9 aromatic carbocycles. The van der Waals surface area contributed by atoms with Crippen molar-refractivity contribution in [3.63, 3.8) is 0 Å². The first-order valence-electron chi connectivity index (χ1n) is 20.5. The van der Waals surface area contributed by atoms with Gasteiger partial charge in [0.05, 0.1) is 11.0 Å². The third-order valence-corrected chi connectivity index (χ3v) is 13.5. The summed E-state index contributed by atoms with van der Waals surface area (Å²) >= 11 is 0. The first-order valence-corrected chi connectivity index (χ1v) is 20.5. The molecule has 2 nitrogen and oxygen atoms in total. The number of nitrogens with zero attached hydrogens (tertiary/aromatic N) is 2. The third-order valence-electron chi connectivity index (χ3n) is 13.5. The Morgan fingerprint density at radius 1 is 0.379 bits per heavy atom. The lowest BCUT2D eigenvalue weighted by Crippen LogP contribution is -2.16. The maximum Gasteiger partial charge on any atom is 0.0622 e. The molecule has 0 unspecified atom stereocenters. The molecule has 1 aromatic heterocycles. The van der Waals surface area contributed by atoms with E-state index < -0.39 is 0 Å². The van der Waals surface area contributed by atoms with Crippen molar-refractivity contribution in [2.45, 2.75) is 38.5 Å². The highest BCUT2D eigenvalue weighted by Gasteiger charge is 2.39. The summed E-state index contributed by atoms with van der Waals surface area (Å²) in [6.45, 7) is 9.57. The van der Waals surface area contributed by atoms with Crippen molar-refractivity contribution in [1.82, 2.24) is 4.57 Å². The van der Waals surface area contributed by atoms with E-state index in [1.165, 1.54) is 93.5 Å². The van der Waals surface area contributed by atoms with Crippen molar-refractivity contribution < 1.29 is 0 Å². The minimum Gasteiger partial charge on any atom is -0.310 e. The van der Waals surface area contributed by atoms with Gasteiger partial charge in [-0.05, 0) is 139 Å². The zero-order valence-corrected chi connectivity index (χ0v) is 33.2. The van der Waals surface area contributed by atoms with Crippen molar-refractivity contribution in [1.29, 1.82) is 0 Å². The Morgan fingerprint density at radius 2 is 0.948 bits per heavy atom. The zero-order valence-electron chi connectivity index (χ0n) is 33.2. The van der Waals surface area contributed by atoms with Crippen LogP contribution in [0.4, 0.5) is 17.1 Å². The van der Waals surface area contributed by atoms with E-state index >= 15 is 0 Å². The summed E-state index contributed by atoms with van der Waals surface area (Å²) in [6, 6.07) is 67.9. The van der Waals surface area contributed by atoms with E-state index in [-0.39, 0.29) is 10.8 Å². The van der Waals surface area contributed by atoms with Crippen LogP contribution in [0, 0.1) is 0 Å². The van der Waals surface area contributed by atoms with Crippen molar-refractivity contribution in [2.75, 3.05) is 4.90 Å². The molecular formula is C56H42N2. The molecule has 0 bridgehead atoms. The van der Waals surface area contributed by atoms with Gasteiger partial charge in [0.1, 0.15) is 0 Å². The summed E-state index contributed by atoms with van der Waals surface area (Å²) in [4.78, 5) is 2.44. The Kier molecular flexibility index (Phi) is 6.78. The number of aromatic nitrogens is 1. The monoisotopic (exact) mass is 742 g/mol. The van der Waals surface area contributed by atoms with Gasteiger partial charge in [-0.25, -0.2) is 0 Å². The molecule has 0 amide bonds. The quantitative estimate of drug-likeness (QED) is 0.174. The summed E-state index contributed by atoms with van der Waals surface area (Å²) in [7, 11) is 0. The number of para-hydroxylation sites is 3. The Balaban J connectivity index is 1.03. The van der Waals surface area contributed by atoms with Crippen molar-refractivity contribution in [3.05, 3.63) is 204 Å². The van der Waals surface area contributed by atoms with E-state index in [2.05, 4.69) is 219 Å². The first kappa shape index (κ1) is 33.3. The summed E-state index contributed by atoms with van der Waals surface area (Å²) < 4.78 is 2.48. The van der Waals surface area contributed by atoms with Crippen molar-refractivity contribution in [3.8, 4) is 27.9 Å². The fourth-order valence-corrected chi connectivity index (χ4v) is 10.6. The van der Waals surface area contributed by atoms with E-state index in [0.717, 1.165) is 17.1 Å². The topological polar surface area (TPSA) is 8.17 Å². The predicted octanol–water partition coefficient (Wildman–Crippen LogP) is 15.2. The second-order valence-corrected chi connectivity index (χ2v) is 17.4. The maximum absolute atomic E-state index is 2.48. The molecule has 1 heterocycles. The van der Waals surface area contributed by atoms with Gasteiger partial charge in [0.15, 0.2) is 0 Å². The van der Waals surface area contributed by atoms with E-state index in [1.54, 1.807) is 0 Å². The molecule has 2 heteroatoms. The number of hydrogen-bond acceptors (Lipinski definition) is 1. The van der Waals surface area contributed by atoms with Gasteiger partial charge in [-0.3, -0.25) is 0 Å². The molecule has 0 radical (unpaired) electrons. The zero-order chi connectivity index (χ0) is 38.9. The molecule has 0 N–H and O–H groups in total. The Bertz CT molecular complexity index is 3330. The maximum atomic E-state index is 2.48. The highest BCUT2D eigenvalue weighted by Crippen LogP contribution is 2.55.